The van der Waals surface area contributed by atoms with E-state index in [0.29, 0.717) is 0 Å². The van der Waals surface area contributed by atoms with Crippen molar-refractivity contribution in [2.24, 2.45) is 5.73 Å². The van der Waals surface area contributed by atoms with Crippen LogP contribution in [0.4, 0.5) is 0 Å². The molecule has 1 heterocycles. The Kier molecular flexibility index (Phi) is 2.31. The van der Waals surface area contributed by atoms with E-state index in [1.54, 1.807) is 0 Å². The Morgan fingerprint density at radius 3 is 2.64 bits per heavy atom. The minimum Gasteiger partial charge on any atom is -0.368 e. The van der Waals surface area contributed by atoms with Crippen molar-refractivity contribution in [2.45, 2.75) is 6.54 Å². The summed E-state index contributed by atoms with van der Waals surface area (Å²) in [6.07, 6.45) is 0. The first kappa shape index (κ1) is 8.29. The van der Waals surface area contributed by atoms with E-state index in [4.69, 9.17) is 28.9 Å². The lowest BCUT2D eigenvalue weighted by Gasteiger charge is -1.94. The Bertz CT molecular complexity index is 284. The van der Waals surface area contributed by atoms with Gasteiger partial charge in [0.2, 0.25) is 16.5 Å². The van der Waals surface area contributed by atoms with Crippen molar-refractivity contribution in [3.8, 4) is 0 Å². The summed E-state index contributed by atoms with van der Waals surface area (Å²) in [7, 11) is 0. The van der Waals surface area contributed by atoms with Gasteiger partial charge >= 0.3 is 0 Å². The SMILES string of the molecule is NC(=O)Cn1nc(Cl)nc1Cl. The predicted molar refractivity (Wildman–Crippen MR) is 39.2 cm³/mol. The summed E-state index contributed by atoms with van der Waals surface area (Å²) >= 11 is 10.9. The van der Waals surface area contributed by atoms with Crippen LogP contribution in [0.5, 0.6) is 0 Å². The number of aromatic nitrogens is 3. The maximum absolute atomic E-state index is 10.4. The largest absolute Gasteiger partial charge is 0.368 e. The molecule has 0 spiro atoms. The summed E-state index contributed by atoms with van der Waals surface area (Å²) in [6, 6.07) is 0. The number of halogens is 2. The van der Waals surface area contributed by atoms with Crippen molar-refractivity contribution in [1.82, 2.24) is 14.8 Å². The normalized spacial score (nSPS) is 10.0. The number of hydrogen-bond acceptors (Lipinski definition) is 3. The van der Waals surface area contributed by atoms with Crippen LogP contribution in [0.15, 0.2) is 0 Å². The Hall–Kier alpha value is -0.810. The highest BCUT2D eigenvalue weighted by Gasteiger charge is 2.06. The molecule has 1 amide bonds. The molecule has 7 heteroatoms. The van der Waals surface area contributed by atoms with Crippen LogP contribution < -0.4 is 5.73 Å². The van der Waals surface area contributed by atoms with Crippen LogP contribution in [0, 0.1) is 0 Å². The second-order valence-corrected chi connectivity index (χ2v) is 2.45. The molecule has 1 aromatic rings. The molecular weight excluding hydrogens is 191 g/mol. The maximum atomic E-state index is 10.4. The van der Waals surface area contributed by atoms with E-state index in [-0.39, 0.29) is 17.1 Å². The zero-order valence-electron chi connectivity index (χ0n) is 5.29. The quantitative estimate of drug-likeness (QED) is 0.725. The first-order chi connectivity index (χ1) is 5.09. The molecule has 0 radical (unpaired) electrons. The highest BCUT2D eigenvalue weighted by Crippen LogP contribution is 2.08. The molecule has 0 bridgehead atoms. The third-order valence-corrected chi connectivity index (χ3v) is 1.35. The first-order valence-electron chi connectivity index (χ1n) is 2.63. The van der Waals surface area contributed by atoms with Gasteiger partial charge in [0, 0.05) is 0 Å². The van der Waals surface area contributed by atoms with Gasteiger partial charge in [0.25, 0.3) is 0 Å². The summed E-state index contributed by atoms with van der Waals surface area (Å²) in [5.41, 5.74) is 4.87. The minimum atomic E-state index is -0.548. The number of nitrogens with two attached hydrogens (primary N) is 1. The zero-order valence-corrected chi connectivity index (χ0v) is 6.80. The highest BCUT2D eigenvalue weighted by molar-refractivity contribution is 6.31. The van der Waals surface area contributed by atoms with Gasteiger partial charge in [-0.3, -0.25) is 4.79 Å². The van der Waals surface area contributed by atoms with Gasteiger partial charge in [-0.1, -0.05) is 0 Å². The summed E-state index contributed by atoms with van der Waals surface area (Å²) in [6.45, 7) is -0.113. The first-order valence-corrected chi connectivity index (χ1v) is 3.39. The van der Waals surface area contributed by atoms with Crippen LogP contribution in [-0.2, 0) is 11.3 Å². The van der Waals surface area contributed by atoms with Crippen molar-refractivity contribution in [2.75, 3.05) is 0 Å². The zero-order chi connectivity index (χ0) is 8.43. The smallest absolute Gasteiger partial charge is 0.243 e. The Labute approximate surface area is 72.1 Å². The predicted octanol–water partition coefficient (Wildman–Crippen LogP) is 0.0702. The Morgan fingerprint density at radius 2 is 2.27 bits per heavy atom. The number of hydrogen-bond donors (Lipinski definition) is 1. The van der Waals surface area contributed by atoms with Crippen molar-refractivity contribution < 1.29 is 4.79 Å². The van der Waals surface area contributed by atoms with E-state index in [9.17, 15) is 4.79 Å². The van der Waals surface area contributed by atoms with Crippen LogP contribution in [-0.4, -0.2) is 20.7 Å². The van der Waals surface area contributed by atoms with Crippen LogP contribution in [0.25, 0.3) is 0 Å². The van der Waals surface area contributed by atoms with Gasteiger partial charge in [-0.15, -0.1) is 5.10 Å². The van der Waals surface area contributed by atoms with E-state index in [2.05, 4.69) is 10.1 Å². The van der Waals surface area contributed by atoms with Crippen LogP contribution >= 0.6 is 23.2 Å². The van der Waals surface area contributed by atoms with E-state index in [1.807, 2.05) is 0 Å². The van der Waals surface area contributed by atoms with E-state index < -0.39 is 5.91 Å². The summed E-state index contributed by atoms with van der Waals surface area (Å²) in [4.78, 5) is 13.9. The fourth-order valence-electron chi connectivity index (χ4n) is 0.545. The minimum absolute atomic E-state index is 0.00347. The lowest BCUT2D eigenvalue weighted by atomic mass is 10.6. The fraction of sp³-hybridized carbons (Fsp3) is 0.250. The van der Waals surface area contributed by atoms with Gasteiger partial charge in [-0.05, 0) is 23.2 Å². The molecule has 0 fully saturated rings. The lowest BCUT2D eigenvalue weighted by Crippen LogP contribution is -2.19. The Balaban J connectivity index is 2.85. The third-order valence-electron chi connectivity index (χ3n) is 0.906. The summed E-state index contributed by atoms with van der Waals surface area (Å²) in [5, 5.41) is 3.63. The molecule has 11 heavy (non-hydrogen) atoms. The number of nitrogens with zero attached hydrogens (tertiary/aromatic N) is 3. The van der Waals surface area contributed by atoms with Crippen molar-refractivity contribution in [3.05, 3.63) is 10.6 Å². The highest BCUT2D eigenvalue weighted by atomic mass is 35.5. The number of carbonyl (C=O) groups is 1. The van der Waals surface area contributed by atoms with Gasteiger partial charge in [0.05, 0.1) is 0 Å². The molecule has 5 nitrogen and oxygen atoms in total. The van der Waals surface area contributed by atoms with Crippen molar-refractivity contribution >= 4 is 29.1 Å². The Morgan fingerprint density at radius 1 is 1.64 bits per heavy atom. The van der Waals surface area contributed by atoms with Crippen molar-refractivity contribution in [1.29, 1.82) is 0 Å². The molecule has 0 atom stereocenters. The molecule has 0 unspecified atom stereocenters. The molecule has 0 aromatic carbocycles. The second kappa shape index (κ2) is 3.06. The second-order valence-electron chi connectivity index (χ2n) is 1.77. The topological polar surface area (TPSA) is 73.8 Å². The standard InChI is InChI=1S/C4H4Cl2N4O/c5-3-8-4(6)10(9-3)1-2(7)11/h1H2,(H2,7,11). The molecular formula is C4H4Cl2N4O. The average molecular weight is 195 g/mol. The van der Waals surface area contributed by atoms with Gasteiger partial charge in [0.1, 0.15) is 6.54 Å². The van der Waals surface area contributed by atoms with E-state index in [1.165, 1.54) is 0 Å². The number of carbonyl (C=O) groups excluding carboxylic acids is 1. The number of amides is 1. The molecule has 0 aliphatic heterocycles. The van der Waals surface area contributed by atoms with E-state index in [0.717, 1.165) is 4.68 Å². The fourth-order valence-corrected chi connectivity index (χ4v) is 0.937. The lowest BCUT2D eigenvalue weighted by molar-refractivity contribution is -0.118. The van der Waals surface area contributed by atoms with Crippen LogP contribution in [0.2, 0.25) is 10.6 Å². The summed E-state index contributed by atoms with van der Waals surface area (Å²) in [5.74, 6) is -0.548. The molecule has 60 valence electrons. The maximum Gasteiger partial charge on any atom is 0.243 e. The van der Waals surface area contributed by atoms with E-state index >= 15 is 0 Å². The summed E-state index contributed by atoms with van der Waals surface area (Å²) < 4.78 is 1.12. The van der Waals surface area contributed by atoms with Gasteiger partial charge in [-0.25, -0.2) is 4.68 Å². The van der Waals surface area contributed by atoms with Crippen molar-refractivity contribution in [3.63, 3.8) is 0 Å². The van der Waals surface area contributed by atoms with Gasteiger partial charge < -0.3 is 5.73 Å². The van der Waals surface area contributed by atoms with Crippen LogP contribution in [0.1, 0.15) is 0 Å². The molecule has 2 N–H and O–H groups in total. The average Bonchev–Trinajstić information content (AvgIpc) is 2.09. The molecule has 0 aliphatic rings. The molecule has 0 aliphatic carbocycles. The third kappa shape index (κ3) is 2.06. The number of rotatable bonds is 2. The number of primary amides is 1. The monoisotopic (exact) mass is 194 g/mol. The van der Waals surface area contributed by atoms with Gasteiger partial charge in [-0.2, -0.15) is 4.98 Å². The molecule has 1 aromatic heterocycles. The molecule has 0 saturated carbocycles. The van der Waals surface area contributed by atoms with Gasteiger partial charge in [0.15, 0.2) is 0 Å². The molecule has 1 rings (SSSR count). The molecule has 0 saturated heterocycles. The van der Waals surface area contributed by atoms with Crippen LogP contribution in [0.3, 0.4) is 0 Å².